The molecule has 1 atom stereocenters. The number of hydrogen-bond acceptors (Lipinski definition) is 6. The second kappa shape index (κ2) is 10.2. The number of benzene rings is 2. The number of amides is 1. The quantitative estimate of drug-likeness (QED) is 0.575. The molecule has 0 saturated carbocycles. The van der Waals surface area contributed by atoms with E-state index in [1.54, 1.807) is 0 Å². The molecule has 0 aliphatic heterocycles. The number of nitrogens with one attached hydrogen (secondary N) is 1. The molecule has 2 aromatic carbocycles. The summed E-state index contributed by atoms with van der Waals surface area (Å²) in [5, 5.41) is 12.4. The maximum absolute atomic E-state index is 12.7. The Kier molecular flexibility index (Phi) is 8.10. The van der Waals surface area contributed by atoms with E-state index in [-0.39, 0.29) is 35.1 Å². The van der Waals surface area contributed by atoms with Crippen molar-refractivity contribution < 1.29 is 41.0 Å². The number of alkyl halides is 3. The Morgan fingerprint density at radius 3 is 2.47 bits per heavy atom. The summed E-state index contributed by atoms with van der Waals surface area (Å²) in [6.45, 7) is -0.649. The number of aliphatic hydroxyl groups is 1. The Hall–Kier alpha value is -2.83. The molecular formula is C20H23F3N2O6S. The molecule has 32 heavy (non-hydrogen) atoms. The van der Waals surface area contributed by atoms with E-state index in [2.05, 4.69) is 5.32 Å². The third kappa shape index (κ3) is 6.34. The lowest BCUT2D eigenvalue weighted by Crippen LogP contribution is -2.35. The van der Waals surface area contributed by atoms with Crippen LogP contribution in [-0.4, -0.2) is 64.2 Å². The fourth-order valence-corrected chi connectivity index (χ4v) is 3.62. The minimum absolute atomic E-state index is 0.0113. The second-order valence-corrected chi connectivity index (χ2v) is 8.97. The van der Waals surface area contributed by atoms with Crippen molar-refractivity contribution in [3.63, 3.8) is 0 Å². The molecule has 1 unspecified atom stereocenters. The summed E-state index contributed by atoms with van der Waals surface area (Å²) in [7, 11) is 0.0859. The Morgan fingerprint density at radius 2 is 1.88 bits per heavy atom. The lowest BCUT2D eigenvalue weighted by atomic mass is 10.2. The number of ether oxygens (including phenoxy) is 2. The predicted octanol–water partition coefficient (Wildman–Crippen LogP) is 2.13. The highest BCUT2D eigenvalue weighted by Gasteiger charge is 2.30. The van der Waals surface area contributed by atoms with E-state index in [0.717, 1.165) is 22.5 Å². The van der Waals surface area contributed by atoms with E-state index in [4.69, 9.17) is 9.47 Å². The number of aliphatic hydroxyl groups excluding tert-OH is 1. The third-order valence-corrected chi connectivity index (χ3v) is 6.12. The summed E-state index contributed by atoms with van der Waals surface area (Å²) in [4.78, 5) is 12.2. The van der Waals surface area contributed by atoms with Gasteiger partial charge in [-0.15, -0.1) is 0 Å². The lowest BCUT2D eigenvalue weighted by molar-refractivity contribution is -0.137. The first-order valence-electron chi connectivity index (χ1n) is 9.23. The molecule has 0 aliphatic carbocycles. The van der Waals surface area contributed by atoms with Crippen LogP contribution in [0.1, 0.15) is 15.9 Å². The van der Waals surface area contributed by atoms with Gasteiger partial charge in [0.05, 0.1) is 12.7 Å². The number of hydrogen-bond donors (Lipinski definition) is 2. The van der Waals surface area contributed by atoms with Gasteiger partial charge in [-0.05, 0) is 36.4 Å². The first-order chi connectivity index (χ1) is 14.9. The predicted molar refractivity (Wildman–Crippen MR) is 109 cm³/mol. The van der Waals surface area contributed by atoms with Crippen LogP contribution in [0, 0.1) is 0 Å². The van der Waals surface area contributed by atoms with Crippen molar-refractivity contribution in [3.05, 3.63) is 53.6 Å². The van der Waals surface area contributed by atoms with E-state index >= 15 is 0 Å². The van der Waals surface area contributed by atoms with Crippen LogP contribution in [0.25, 0.3) is 0 Å². The first-order valence-corrected chi connectivity index (χ1v) is 10.7. The van der Waals surface area contributed by atoms with Gasteiger partial charge in [-0.3, -0.25) is 4.79 Å². The summed E-state index contributed by atoms with van der Waals surface area (Å²) in [5.41, 5.74) is -0.877. The average Bonchev–Trinajstić information content (AvgIpc) is 2.75. The molecule has 0 aliphatic rings. The minimum atomic E-state index is -4.52. The fourth-order valence-electron chi connectivity index (χ4n) is 2.54. The SMILES string of the molecule is COc1ccc(C(=O)NCC(O)COc2cccc(C(F)(F)F)c2)cc1S(=O)(=O)N(C)C. The van der Waals surface area contributed by atoms with Crippen LogP contribution in [0.3, 0.4) is 0 Å². The van der Waals surface area contributed by atoms with E-state index in [1.807, 2.05) is 0 Å². The highest BCUT2D eigenvalue weighted by atomic mass is 32.2. The normalized spacial score (nSPS) is 13.0. The van der Waals surface area contributed by atoms with Gasteiger partial charge in [0.2, 0.25) is 10.0 Å². The van der Waals surface area contributed by atoms with E-state index in [1.165, 1.54) is 45.5 Å². The standard InChI is InChI=1S/C20H23F3N2O6S/c1-25(2)32(28,29)18-9-13(7-8-17(18)30-3)19(27)24-11-15(26)12-31-16-6-4-5-14(10-16)20(21,22)23/h4-10,15,26H,11-12H2,1-3H3,(H,24,27). The monoisotopic (exact) mass is 476 g/mol. The van der Waals surface area contributed by atoms with Crippen LogP contribution < -0.4 is 14.8 Å². The minimum Gasteiger partial charge on any atom is -0.495 e. The van der Waals surface area contributed by atoms with E-state index in [0.29, 0.717) is 0 Å². The molecule has 0 heterocycles. The van der Waals surface area contributed by atoms with Crippen LogP contribution >= 0.6 is 0 Å². The molecule has 2 aromatic rings. The van der Waals surface area contributed by atoms with Crippen LogP contribution in [0.4, 0.5) is 13.2 Å². The molecule has 0 fully saturated rings. The van der Waals surface area contributed by atoms with Gasteiger partial charge >= 0.3 is 6.18 Å². The summed E-state index contributed by atoms with van der Waals surface area (Å²) in [6.07, 6.45) is -5.75. The van der Waals surface area contributed by atoms with Crippen molar-refractivity contribution >= 4 is 15.9 Å². The summed E-state index contributed by atoms with van der Waals surface area (Å²) in [6, 6.07) is 8.01. The smallest absolute Gasteiger partial charge is 0.416 e. The number of nitrogens with zero attached hydrogens (tertiary/aromatic N) is 1. The molecule has 8 nitrogen and oxygen atoms in total. The van der Waals surface area contributed by atoms with E-state index < -0.39 is 33.8 Å². The zero-order valence-electron chi connectivity index (χ0n) is 17.5. The van der Waals surface area contributed by atoms with Gasteiger partial charge in [0, 0.05) is 26.2 Å². The molecule has 12 heteroatoms. The molecule has 0 aromatic heterocycles. The molecule has 0 saturated heterocycles. The lowest BCUT2D eigenvalue weighted by Gasteiger charge is -2.16. The maximum atomic E-state index is 12.7. The largest absolute Gasteiger partial charge is 0.495 e. The van der Waals surface area contributed by atoms with Gasteiger partial charge in [0.25, 0.3) is 5.91 Å². The van der Waals surface area contributed by atoms with Crippen molar-refractivity contribution in [1.82, 2.24) is 9.62 Å². The maximum Gasteiger partial charge on any atom is 0.416 e. The van der Waals surface area contributed by atoms with Gasteiger partial charge in [-0.1, -0.05) is 6.07 Å². The highest BCUT2D eigenvalue weighted by molar-refractivity contribution is 7.89. The third-order valence-electron chi connectivity index (χ3n) is 4.29. The van der Waals surface area contributed by atoms with Gasteiger partial charge in [0.15, 0.2) is 0 Å². The van der Waals surface area contributed by atoms with Crippen LogP contribution in [0.2, 0.25) is 0 Å². The molecule has 0 radical (unpaired) electrons. The number of methoxy groups -OCH3 is 1. The summed E-state index contributed by atoms with van der Waals surface area (Å²) < 4.78 is 74.3. The number of sulfonamides is 1. The Balaban J connectivity index is 2.01. The fraction of sp³-hybridized carbons (Fsp3) is 0.350. The van der Waals surface area contributed by atoms with Crippen molar-refractivity contribution in [1.29, 1.82) is 0 Å². The molecule has 2 rings (SSSR count). The van der Waals surface area contributed by atoms with Gasteiger partial charge < -0.3 is 19.9 Å². The zero-order valence-corrected chi connectivity index (χ0v) is 18.3. The number of rotatable bonds is 9. The summed E-state index contributed by atoms with van der Waals surface area (Å²) in [5.74, 6) is -0.690. The molecular weight excluding hydrogens is 453 g/mol. The van der Waals surface area contributed by atoms with Crippen LogP contribution in [0.5, 0.6) is 11.5 Å². The van der Waals surface area contributed by atoms with Crippen molar-refractivity contribution in [2.45, 2.75) is 17.2 Å². The first kappa shape index (κ1) is 25.4. The van der Waals surface area contributed by atoms with Crippen LogP contribution in [-0.2, 0) is 16.2 Å². The van der Waals surface area contributed by atoms with Crippen molar-refractivity contribution in [3.8, 4) is 11.5 Å². The van der Waals surface area contributed by atoms with Gasteiger partial charge in [-0.2, -0.15) is 13.2 Å². The Morgan fingerprint density at radius 1 is 1.19 bits per heavy atom. The van der Waals surface area contributed by atoms with Gasteiger partial charge in [-0.25, -0.2) is 12.7 Å². The molecule has 1 amide bonds. The highest BCUT2D eigenvalue weighted by Crippen LogP contribution is 2.31. The van der Waals surface area contributed by atoms with Crippen molar-refractivity contribution in [2.24, 2.45) is 0 Å². The molecule has 0 spiro atoms. The molecule has 0 bridgehead atoms. The van der Waals surface area contributed by atoms with Gasteiger partial charge in [0.1, 0.15) is 29.1 Å². The number of halogens is 3. The summed E-state index contributed by atoms with van der Waals surface area (Å²) >= 11 is 0. The topological polar surface area (TPSA) is 105 Å². The number of carbonyl (C=O) groups is 1. The molecule has 2 N–H and O–H groups in total. The second-order valence-electron chi connectivity index (χ2n) is 6.85. The molecule has 176 valence electrons. The van der Waals surface area contributed by atoms with E-state index in [9.17, 15) is 31.5 Å². The Labute approximate surface area is 183 Å². The average molecular weight is 476 g/mol. The Bertz CT molecular complexity index is 1060. The number of carbonyl (C=O) groups excluding carboxylic acids is 1. The van der Waals surface area contributed by atoms with Crippen molar-refractivity contribution in [2.75, 3.05) is 34.4 Å². The zero-order chi connectivity index (χ0) is 24.1. The van der Waals surface area contributed by atoms with Crippen LogP contribution in [0.15, 0.2) is 47.4 Å².